The summed E-state index contributed by atoms with van der Waals surface area (Å²) >= 11 is 0. The van der Waals surface area contributed by atoms with Gasteiger partial charge < -0.3 is 9.88 Å². The minimum atomic E-state index is -0.272. The molecule has 0 aliphatic heterocycles. The summed E-state index contributed by atoms with van der Waals surface area (Å²) in [6.45, 7) is 0.701. The molecule has 1 N–H and O–H groups in total. The minimum Gasteiger partial charge on any atom is -0.324 e. The van der Waals surface area contributed by atoms with Crippen molar-refractivity contribution in [3.8, 4) is 0 Å². The van der Waals surface area contributed by atoms with Crippen molar-refractivity contribution in [1.82, 2.24) is 19.2 Å². The van der Waals surface area contributed by atoms with Crippen LogP contribution in [-0.4, -0.2) is 19.2 Å². The highest BCUT2D eigenvalue weighted by molar-refractivity contribution is 5.83. The number of hydrogen-bond acceptors (Lipinski definition) is 3. The van der Waals surface area contributed by atoms with Crippen LogP contribution in [-0.2, 0) is 6.54 Å². The van der Waals surface area contributed by atoms with Gasteiger partial charge in [-0.25, -0.2) is 8.79 Å². The SMILES string of the molecule is Fc1ccc(Nc2nnc3n(Cc4ccccc4)c4ccccc4n23)cc1. The predicted molar refractivity (Wildman–Crippen MR) is 104 cm³/mol. The topological polar surface area (TPSA) is 47.2 Å². The van der Waals surface area contributed by atoms with Crippen molar-refractivity contribution < 1.29 is 4.39 Å². The van der Waals surface area contributed by atoms with Crippen LogP contribution in [0.1, 0.15) is 5.56 Å². The van der Waals surface area contributed by atoms with E-state index < -0.39 is 0 Å². The summed E-state index contributed by atoms with van der Waals surface area (Å²) in [5.74, 6) is 1.08. The Morgan fingerprint density at radius 3 is 2.26 bits per heavy atom. The molecule has 0 unspecified atom stereocenters. The molecule has 0 fully saturated rings. The lowest BCUT2D eigenvalue weighted by atomic mass is 10.2. The van der Waals surface area contributed by atoms with Crippen LogP contribution in [0, 0.1) is 5.82 Å². The molecular formula is C21H16FN5. The number of hydrogen-bond donors (Lipinski definition) is 1. The number of fused-ring (bicyclic) bond motifs is 3. The molecule has 3 aromatic carbocycles. The molecule has 0 saturated heterocycles. The highest BCUT2D eigenvalue weighted by Crippen LogP contribution is 2.25. The van der Waals surface area contributed by atoms with Gasteiger partial charge in [-0.3, -0.25) is 0 Å². The molecule has 0 aliphatic rings. The van der Waals surface area contributed by atoms with Crippen molar-refractivity contribution in [2.45, 2.75) is 6.54 Å². The van der Waals surface area contributed by atoms with E-state index in [-0.39, 0.29) is 5.82 Å². The molecular weight excluding hydrogens is 341 g/mol. The van der Waals surface area contributed by atoms with Crippen LogP contribution >= 0.6 is 0 Å². The lowest BCUT2D eigenvalue weighted by Crippen LogP contribution is -2.00. The molecule has 0 spiro atoms. The Labute approximate surface area is 154 Å². The summed E-state index contributed by atoms with van der Waals surface area (Å²) in [6, 6.07) is 24.6. The Morgan fingerprint density at radius 2 is 1.48 bits per heavy atom. The Bertz CT molecular complexity index is 1220. The predicted octanol–water partition coefficient (Wildman–Crippen LogP) is 4.62. The van der Waals surface area contributed by atoms with E-state index in [0.29, 0.717) is 12.5 Å². The van der Waals surface area contributed by atoms with Crippen molar-refractivity contribution in [2.24, 2.45) is 0 Å². The van der Waals surface area contributed by atoms with Gasteiger partial charge in [0.15, 0.2) is 0 Å². The molecule has 0 radical (unpaired) electrons. The van der Waals surface area contributed by atoms with Crippen LogP contribution in [0.5, 0.6) is 0 Å². The van der Waals surface area contributed by atoms with Crippen LogP contribution < -0.4 is 5.32 Å². The Hall–Kier alpha value is -3.67. The maximum atomic E-state index is 13.2. The molecule has 5 aromatic rings. The van der Waals surface area contributed by atoms with Crippen LogP contribution in [0.25, 0.3) is 16.8 Å². The second-order valence-corrected chi connectivity index (χ2v) is 6.35. The summed E-state index contributed by atoms with van der Waals surface area (Å²) in [6.07, 6.45) is 0. The van der Waals surface area contributed by atoms with Gasteiger partial charge in [-0.1, -0.05) is 42.5 Å². The number of anilines is 2. The molecule has 0 aliphatic carbocycles. The fourth-order valence-corrected chi connectivity index (χ4v) is 3.33. The number of rotatable bonds is 4. The van der Waals surface area contributed by atoms with E-state index in [2.05, 4.69) is 38.3 Å². The van der Waals surface area contributed by atoms with E-state index in [4.69, 9.17) is 0 Å². The lowest BCUT2D eigenvalue weighted by molar-refractivity contribution is 0.628. The molecule has 5 nitrogen and oxygen atoms in total. The van der Waals surface area contributed by atoms with Crippen molar-refractivity contribution in [2.75, 3.05) is 5.32 Å². The minimum absolute atomic E-state index is 0.272. The maximum absolute atomic E-state index is 13.2. The molecule has 6 heteroatoms. The molecule has 2 aromatic heterocycles. The highest BCUT2D eigenvalue weighted by Gasteiger charge is 2.16. The Kier molecular flexibility index (Phi) is 3.60. The fraction of sp³-hybridized carbons (Fsp3) is 0.0476. The van der Waals surface area contributed by atoms with E-state index in [1.807, 2.05) is 40.8 Å². The number of aromatic nitrogens is 4. The summed E-state index contributed by atoms with van der Waals surface area (Å²) in [7, 11) is 0. The van der Waals surface area contributed by atoms with Crippen molar-refractivity contribution >= 4 is 28.4 Å². The van der Waals surface area contributed by atoms with Crippen LogP contribution in [0.15, 0.2) is 78.9 Å². The third-order valence-corrected chi connectivity index (χ3v) is 4.58. The first-order valence-corrected chi connectivity index (χ1v) is 8.68. The number of halogens is 1. The normalized spacial score (nSPS) is 11.3. The summed E-state index contributed by atoms with van der Waals surface area (Å²) in [5.41, 5.74) is 4.04. The van der Waals surface area contributed by atoms with Gasteiger partial charge in [0, 0.05) is 5.69 Å². The monoisotopic (exact) mass is 357 g/mol. The Morgan fingerprint density at radius 1 is 0.778 bits per heavy atom. The van der Waals surface area contributed by atoms with Gasteiger partial charge in [0.2, 0.25) is 11.7 Å². The van der Waals surface area contributed by atoms with Crippen molar-refractivity contribution in [3.63, 3.8) is 0 Å². The third-order valence-electron chi connectivity index (χ3n) is 4.58. The van der Waals surface area contributed by atoms with Gasteiger partial charge >= 0.3 is 0 Å². The lowest BCUT2D eigenvalue weighted by Gasteiger charge is -2.04. The first-order chi connectivity index (χ1) is 13.3. The molecule has 5 rings (SSSR count). The van der Waals surface area contributed by atoms with E-state index >= 15 is 0 Å². The number of benzene rings is 3. The average Bonchev–Trinajstić information content (AvgIpc) is 3.24. The summed E-state index contributed by atoms with van der Waals surface area (Å²) in [4.78, 5) is 0. The first-order valence-electron chi connectivity index (χ1n) is 8.68. The van der Waals surface area contributed by atoms with Crippen LogP contribution in [0.2, 0.25) is 0 Å². The standard InChI is InChI=1S/C21H16FN5/c22-16-10-12-17(13-11-16)23-20-24-25-21-26(14-15-6-2-1-3-7-15)18-8-4-5-9-19(18)27(20)21/h1-13H,14H2,(H,23,24). The van der Waals surface area contributed by atoms with Gasteiger partial charge in [0.25, 0.3) is 0 Å². The number of nitrogens with zero attached hydrogens (tertiary/aromatic N) is 4. The van der Waals surface area contributed by atoms with Crippen LogP contribution in [0.3, 0.4) is 0 Å². The third kappa shape index (κ3) is 2.71. The van der Waals surface area contributed by atoms with Gasteiger partial charge in [-0.2, -0.15) is 0 Å². The number of para-hydroxylation sites is 2. The smallest absolute Gasteiger partial charge is 0.238 e. The van der Waals surface area contributed by atoms with E-state index in [1.54, 1.807) is 12.1 Å². The Balaban J connectivity index is 1.65. The highest BCUT2D eigenvalue weighted by atomic mass is 19.1. The molecule has 0 atom stereocenters. The molecule has 27 heavy (non-hydrogen) atoms. The van der Waals surface area contributed by atoms with Crippen molar-refractivity contribution in [3.05, 3.63) is 90.2 Å². The largest absolute Gasteiger partial charge is 0.324 e. The first kappa shape index (κ1) is 15.6. The molecule has 0 saturated carbocycles. The summed E-state index contributed by atoms with van der Waals surface area (Å²) < 4.78 is 17.3. The van der Waals surface area contributed by atoms with Gasteiger partial charge in [-0.05, 0) is 42.0 Å². The van der Waals surface area contributed by atoms with Gasteiger partial charge in [-0.15, -0.1) is 10.2 Å². The average molecular weight is 357 g/mol. The molecule has 132 valence electrons. The zero-order chi connectivity index (χ0) is 18.2. The summed E-state index contributed by atoms with van der Waals surface area (Å²) in [5, 5.41) is 12.0. The van der Waals surface area contributed by atoms with E-state index in [0.717, 1.165) is 22.5 Å². The van der Waals surface area contributed by atoms with Gasteiger partial charge in [0.1, 0.15) is 5.82 Å². The number of nitrogens with one attached hydrogen (secondary N) is 1. The number of imidazole rings is 1. The van der Waals surface area contributed by atoms with Gasteiger partial charge in [0.05, 0.1) is 17.6 Å². The molecule has 0 amide bonds. The zero-order valence-electron chi connectivity index (χ0n) is 14.4. The van der Waals surface area contributed by atoms with E-state index in [9.17, 15) is 4.39 Å². The second kappa shape index (κ2) is 6.25. The quantitative estimate of drug-likeness (QED) is 0.511. The molecule has 0 bridgehead atoms. The molecule has 2 heterocycles. The van der Waals surface area contributed by atoms with Crippen LogP contribution in [0.4, 0.5) is 16.0 Å². The zero-order valence-corrected chi connectivity index (χ0v) is 14.4. The maximum Gasteiger partial charge on any atom is 0.238 e. The second-order valence-electron chi connectivity index (χ2n) is 6.35. The van der Waals surface area contributed by atoms with E-state index in [1.165, 1.54) is 17.7 Å². The fourth-order valence-electron chi connectivity index (χ4n) is 3.33. The van der Waals surface area contributed by atoms with Crippen molar-refractivity contribution in [1.29, 1.82) is 0 Å².